The Hall–Kier alpha value is -6.77. The van der Waals surface area contributed by atoms with Crippen molar-refractivity contribution in [2.24, 2.45) is 0 Å². The quantitative estimate of drug-likeness (QED) is 0.132. The number of halogens is 11. The van der Waals surface area contributed by atoms with E-state index in [0.717, 1.165) is 13.0 Å². The van der Waals surface area contributed by atoms with E-state index in [1.165, 1.54) is 36.7 Å². The fourth-order valence-corrected chi connectivity index (χ4v) is 7.13. The largest absolute Gasteiger partial charge is 0.453 e. The number of alkyl halides is 3. The van der Waals surface area contributed by atoms with Crippen molar-refractivity contribution in [3.05, 3.63) is 143 Å². The van der Waals surface area contributed by atoms with Gasteiger partial charge in [-0.05, 0) is 42.3 Å². The van der Waals surface area contributed by atoms with Crippen LogP contribution in [0.3, 0.4) is 0 Å². The second-order valence-corrected chi connectivity index (χ2v) is 13.0. The summed E-state index contributed by atoms with van der Waals surface area (Å²) in [6.07, 6.45) is -2.85. The van der Waals surface area contributed by atoms with Gasteiger partial charge in [-0.25, -0.2) is 35.1 Å². The number of hydrogen-bond donors (Lipinski definition) is 0. The van der Waals surface area contributed by atoms with Gasteiger partial charge in [0.05, 0.1) is 11.1 Å². The Morgan fingerprint density at radius 2 is 0.825 bits per heavy atom. The predicted octanol–water partition coefficient (Wildman–Crippen LogP) is 13.4. The summed E-state index contributed by atoms with van der Waals surface area (Å²) < 4.78 is 171. The first-order chi connectivity index (χ1) is 27.2. The standard InChI is InChI=1S/C42H17F11N2O2/c1-16-28(43)30(45)25(31(46)29(16)44)21-4-2-6-23-36-40(56-38(21)23)19(12-14-54-36)17-8-10-18(11-9-17)20-13-15-55-37-24-7-3-5-22(39(24)57-41(20)37)26-32(47)34(49)27(42(51,52)53)35(50)33(26)48/h2-15H,1H3. The second-order valence-electron chi connectivity index (χ2n) is 13.0. The van der Waals surface area contributed by atoms with Crippen LogP contribution in [0, 0.1) is 53.5 Å². The Morgan fingerprint density at radius 1 is 0.439 bits per heavy atom. The van der Waals surface area contributed by atoms with Crippen LogP contribution in [0.15, 0.2) is 94.0 Å². The summed E-state index contributed by atoms with van der Waals surface area (Å²) in [4.78, 5) is 8.69. The Labute approximate surface area is 311 Å². The van der Waals surface area contributed by atoms with Crippen molar-refractivity contribution in [2.75, 3.05) is 0 Å². The summed E-state index contributed by atoms with van der Waals surface area (Å²) in [5, 5.41) is 0.450. The first kappa shape index (κ1) is 35.9. The number of pyridine rings is 2. The molecule has 0 atom stereocenters. The van der Waals surface area contributed by atoms with Crippen molar-refractivity contribution in [2.45, 2.75) is 13.1 Å². The van der Waals surface area contributed by atoms with Crippen LogP contribution in [0.1, 0.15) is 11.1 Å². The molecular formula is C42H17F11N2O2. The average molecular weight is 791 g/mol. The van der Waals surface area contributed by atoms with E-state index >= 15 is 17.6 Å². The van der Waals surface area contributed by atoms with Crippen LogP contribution >= 0.6 is 0 Å². The molecule has 9 rings (SSSR count). The van der Waals surface area contributed by atoms with E-state index in [-0.39, 0.29) is 44.3 Å². The van der Waals surface area contributed by atoms with Crippen molar-refractivity contribution in [3.63, 3.8) is 0 Å². The van der Waals surface area contributed by atoms with E-state index in [1.807, 2.05) is 0 Å². The van der Waals surface area contributed by atoms with E-state index in [0.29, 0.717) is 27.6 Å². The van der Waals surface area contributed by atoms with Crippen LogP contribution in [-0.4, -0.2) is 9.97 Å². The summed E-state index contributed by atoms with van der Waals surface area (Å²) in [5.74, 6) is -16.0. The van der Waals surface area contributed by atoms with Crippen molar-refractivity contribution in [3.8, 4) is 44.5 Å². The normalized spacial score (nSPS) is 12.2. The molecule has 0 fully saturated rings. The molecule has 0 spiro atoms. The number of rotatable bonds is 4. The van der Waals surface area contributed by atoms with E-state index in [9.17, 15) is 30.7 Å². The van der Waals surface area contributed by atoms with Gasteiger partial charge in [-0.2, -0.15) is 13.2 Å². The Balaban J connectivity index is 1.15. The molecule has 0 saturated carbocycles. The molecule has 0 saturated heterocycles. The van der Waals surface area contributed by atoms with Crippen LogP contribution in [0.25, 0.3) is 88.6 Å². The molecule has 15 heteroatoms. The zero-order chi connectivity index (χ0) is 40.2. The number of aromatic nitrogens is 2. The molecule has 0 unspecified atom stereocenters. The van der Waals surface area contributed by atoms with Gasteiger partial charge in [0, 0.05) is 51.0 Å². The molecule has 9 aromatic rings. The molecule has 4 aromatic heterocycles. The highest BCUT2D eigenvalue weighted by atomic mass is 19.4. The summed E-state index contributed by atoms with van der Waals surface area (Å²) in [6, 6.07) is 17.9. The topological polar surface area (TPSA) is 52.1 Å². The highest BCUT2D eigenvalue weighted by molar-refractivity contribution is 6.12. The van der Waals surface area contributed by atoms with Crippen molar-refractivity contribution < 1.29 is 57.1 Å². The molecule has 0 bridgehead atoms. The van der Waals surface area contributed by atoms with Crippen molar-refractivity contribution in [1.82, 2.24) is 9.97 Å². The maximum atomic E-state index is 15.1. The minimum Gasteiger partial charge on any atom is -0.453 e. The Bertz CT molecular complexity index is 3110. The maximum Gasteiger partial charge on any atom is 0.422 e. The number of fused-ring (bicyclic) bond motifs is 6. The summed E-state index contributed by atoms with van der Waals surface area (Å²) in [7, 11) is 0. The summed E-state index contributed by atoms with van der Waals surface area (Å²) in [6.45, 7) is 0.914. The van der Waals surface area contributed by atoms with Gasteiger partial charge in [0.25, 0.3) is 0 Å². The van der Waals surface area contributed by atoms with Crippen LogP contribution in [0.4, 0.5) is 48.3 Å². The Kier molecular flexibility index (Phi) is 7.95. The van der Waals surface area contributed by atoms with E-state index in [2.05, 4.69) is 9.97 Å². The van der Waals surface area contributed by atoms with E-state index in [4.69, 9.17) is 8.83 Å². The number of para-hydroxylation sites is 2. The van der Waals surface area contributed by atoms with Gasteiger partial charge in [-0.3, -0.25) is 9.97 Å². The second kappa shape index (κ2) is 12.6. The van der Waals surface area contributed by atoms with Crippen LogP contribution in [-0.2, 0) is 6.18 Å². The summed E-state index contributed by atoms with van der Waals surface area (Å²) in [5.41, 5.74) is -4.38. The molecule has 0 N–H and O–H groups in total. The highest BCUT2D eigenvalue weighted by Gasteiger charge is 2.43. The zero-order valence-electron chi connectivity index (χ0n) is 28.5. The van der Waals surface area contributed by atoms with Gasteiger partial charge in [-0.15, -0.1) is 0 Å². The lowest BCUT2D eigenvalue weighted by molar-refractivity contribution is -0.143. The van der Waals surface area contributed by atoms with Gasteiger partial charge in [0.2, 0.25) is 0 Å². The number of nitrogens with zero attached hydrogens (tertiary/aromatic N) is 2. The predicted molar refractivity (Wildman–Crippen MR) is 188 cm³/mol. The fraction of sp³-hybridized carbons (Fsp3) is 0.0476. The molecular weight excluding hydrogens is 773 g/mol. The van der Waals surface area contributed by atoms with Gasteiger partial charge in [-0.1, -0.05) is 48.5 Å². The first-order valence-electron chi connectivity index (χ1n) is 16.7. The maximum absolute atomic E-state index is 15.1. The molecule has 5 aromatic carbocycles. The number of hydrogen-bond acceptors (Lipinski definition) is 4. The number of benzene rings is 5. The zero-order valence-corrected chi connectivity index (χ0v) is 28.5. The van der Waals surface area contributed by atoms with E-state index < -0.39 is 80.5 Å². The van der Waals surface area contributed by atoms with E-state index in [1.54, 1.807) is 42.5 Å². The van der Waals surface area contributed by atoms with Gasteiger partial charge < -0.3 is 8.83 Å². The SMILES string of the molecule is Cc1c(F)c(F)c(-c2cccc3c2oc2c(-c4ccc(-c5ccnc6c5oc5c(-c7c(F)c(F)c(C(F)(F)F)c(F)c7F)cccc56)cc4)ccnc23)c(F)c1F. The minimum atomic E-state index is -5.72. The molecule has 4 heterocycles. The van der Waals surface area contributed by atoms with Crippen molar-refractivity contribution in [1.29, 1.82) is 0 Å². The summed E-state index contributed by atoms with van der Waals surface area (Å²) >= 11 is 0. The molecule has 0 amide bonds. The fourth-order valence-electron chi connectivity index (χ4n) is 7.13. The average Bonchev–Trinajstić information content (AvgIpc) is 3.78. The minimum absolute atomic E-state index is 0.0703. The van der Waals surface area contributed by atoms with Crippen LogP contribution in [0.2, 0.25) is 0 Å². The third-order valence-corrected chi connectivity index (χ3v) is 9.83. The molecule has 0 radical (unpaired) electrons. The Morgan fingerprint density at radius 3 is 1.21 bits per heavy atom. The highest BCUT2D eigenvalue weighted by Crippen LogP contribution is 2.45. The molecule has 4 nitrogen and oxygen atoms in total. The molecule has 57 heavy (non-hydrogen) atoms. The molecule has 284 valence electrons. The molecule has 0 aliphatic carbocycles. The van der Waals surface area contributed by atoms with Crippen molar-refractivity contribution >= 4 is 44.1 Å². The van der Waals surface area contributed by atoms with Gasteiger partial charge in [0.1, 0.15) is 27.8 Å². The van der Waals surface area contributed by atoms with Crippen LogP contribution in [0.5, 0.6) is 0 Å². The number of furan rings is 2. The van der Waals surface area contributed by atoms with Crippen LogP contribution < -0.4 is 0 Å². The molecule has 0 aliphatic rings. The smallest absolute Gasteiger partial charge is 0.422 e. The third kappa shape index (κ3) is 5.21. The molecule has 0 aliphatic heterocycles. The lowest BCUT2D eigenvalue weighted by atomic mass is 9.98. The third-order valence-electron chi connectivity index (χ3n) is 9.83. The van der Waals surface area contributed by atoms with Gasteiger partial charge in [0.15, 0.2) is 57.7 Å². The van der Waals surface area contributed by atoms with Gasteiger partial charge >= 0.3 is 6.18 Å². The monoisotopic (exact) mass is 790 g/mol. The lowest BCUT2D eigenvalue weighted by Gasteiger charge is -2.14. The lowest BCUT2D eigenvalue weighted by Crippen LogP contribution is -2.16. The first-order valence-corrected chi connectivity index (χ1v) is 16.7.